The normalized spacial score (nSPS) is 11.3. The van der Waals surface area contributed by atoms with Crippen LogP contribution < -0.4 is 0 Å². The second kappa shape index (κ2) is 6.41. The molecule has 0 saturated carbocycles. The van der Waals surface area contributed by atoms with Crippen molar-refractivity contribution >= 4 is 28.3 Å². The van der Waals surface area contributed by atoms with Crippen molar-refractivity contribution in [2.45, 2.75) is 12.8 Å². The number of imidazole rings is 1. The van der Waals surface area contributed by atoms with Gasteiger partial charge in [0.05, 0.1) is 16.1 Å². The van der Waals surface area contributed by atoms with Gasteiger partial charge in [-0.25, -0.2) is 18.7 Å². The minimum absolute atomic E-state index is 0.250. The molecule has 1 N–H and O–H groups in total. The topological polar surface area (TPSA) is 61.9 Å². The third kappa shape index (κ3) is 3.21. The number of thiazole rings is 1. The summed E-state index contributed by atoms with van der Waals surface area (Å²) in [6, 6.07) is 4.87. The summed E-state index contributed by atoms with van der Waals surface area (Å²) in [6.07, 6.45) is -0.329. The van der Waals surface area contributed by atoms with Crippen molar-refractivity contribution in [3.05, 3.63) is 46.2 Å². The van der Waals surface area contributed by atoms with Gasteiger partial charge in [0.2, 0.25) is 0 Å². The van der Waals surface area contributed by atoms with Gasteiger partial charge in [0, 0.05) is 31.6 Å². The van der Waals surface area contributed by atoms with Gasteiger partial charge in [-0.3, -0.25) is 4.79 Å². The second-order valence-electron chi connectivity index (χ2n) is 5.03. The number of hydrogen-bond donors (Lipinski definition) is 1. The Bertz CT molecular complexity index is 816. The number of benzene rings is 1. The molecule has 0 aliphatic heterocycles. The molecule has 2 aromatic heterocycles. The predicted octanol–water partition coefficient (Wildman–Crippen LogP) is 3.27. The van der Waals surface area contributed by atoms with E-state index < -0.39 is 12.2 Å². The number of nitrogens with zero attached hydrogens (tertiary/aromatic N) is 3. The summed E-state index contributed by atoms with van der Waals surface area (Å²) in [5, 5.41) is 2.83. The van der Waals surface area contributed by atoms with Crippen LogP contribution in [0, 0.1) is 0 Å². The average Bonchev–Trinajstić information content (AvgIpc) is 3.20. The minimum Gasteiger partial charge on any atom is -0.341 e. The number of nitrogens with one attached hydrogen (secondary N) is 1. The summed E-state index contributed by atoms with van der Waals surface area (Å²) in [5.74, 6) is -0.676. The second-order valence-corrected chi connectivity index (χ2v) is 6.01. The van der Waals surface area contributed by atoms with Crippen LogP contribution in [0.15, 0.2) is 29.8 Å². The van der Waals surface area contributed by atoms with Gasteiger partial charge in [-0.15, -0.1) is 11.3 Å². The molecule has 2 heterocycles. The number of alkyl halides is 2. The highest BCUT2D eigenvalue weighted by Gasteiger charge is 2.19. The number of fused-ring (bicyclic) bond motifs is 1. The van der Waals surface area contributed by atoms with Crippen LogP contribution in [-0.2, 0) is 6.42 Å². The molecule has 8 heteroatoms. The largest absolute Gasteiger partial charge is 0.341 e. The van der Waals surface area contributed by atoms with E-state index >= 15 is 0 Å². The van der Waals surface area contributed by atoms with Crippen LogP contribution in [0.4, 0.5) is 8.78 Å². The molecule has 0 aliphatic carbocycles. The molecule has 1 amide bonds. The number of aromatic nitrogens is 3. The van der Waals surface area contributed by atoms with Crippen molar-refractivity contribution in [1.29, 1.82) is 0 Å². The molecule has 1 aromatic carbocycles. The number of likely N-dealkylation sites (N-methyl/N-ethyl adjacent to an activating group) is 1. The zero-order valence-corrected chi connectivity index (χ0v) is 13.1. The molecule has 0 bridgehead atoms. The number of rotatable bonds is 5. The summed E-state index contributed by atoms with van der Waals surface area (Å²) in [4.78, 5) is 24.7. The molecule has 0 aliphatic rings. The predicted molar refractivity (Wildman–Crippen MR) is 83.8 cm³/mol. The van der Waals surface area contributed by atoms with Crippen LogP contribution in [0.1, 0.15) is 27.6 Å². The van der Waals surface area contributed by atoms with Crippen LogP contribution in [0.2, 0.25) is 0 Å². The third-order valence-electron chi connectivity index (χ3n) is 3.46. The van der Waals surface area contributed by atoms with Gasteiger partial charge in [0.1, 0.15) is 5.52 Å². The maximum atomic E-state index is 12.8. The van der Waals surface area contributed by atoms with Crippen LogP contribution >= 0.6 is 11.3 Å². The lowest BCUT2D eigenvalue weighted by Crippen LogP contribution is -2.29. The van der Waals surface area contributed by atoms with Gasteiger partial charge in [-0.05, 0) is 12.1 Å². The molecule has 0 fully saturated rings. The van der Waals surface area contributed by atoms with Gasteiger partial charge in [-0.2, -0.15) is 0 Å². The molecule has 3 aromatic rings. The molecule has 0 spiro atoms. The van der Waals surface area contributed by atoms with Crippen LogP contribution in [0.5, 0.6) is 0 Å². The van der Waals surface area contributed by atoms with Crippen molar-refractivity contribution in [3.8, 4) is 0 Å². The van der Waals surface area contributed by atoms with E-state index in [9.17, 15) is 13.6 Å². The first kappa shape index (κ1) is 15.5. The summed E-state index contributed by atoms with van der Waals surface area (Å²) in [6.45, 7) is 0.495. The fourth-order valence-electron chi connectivity index (χ4n) is 2.27. The number of halogens is 2. The molecule has 120 valence electrons. The summed E-state index contributed by atoms with van der Waals surface area (Å²) < 4.78 is 25.6. The molecular weight excluding hydrogens is 322 g/mol. The summed E-state index contributed by atoms with van der Waals surface area (Å²) >= 11 is 1.53. The first-order chi connectivity index (χ1) is 11.1. The number of para-hydroxylation sites is 1. The molecule has 5 nitrogen and oxygen atoms in total. The van der Waals surface area contributed by atoms with E-state index in [4.69, 9.17) is 0 Å². The van der Waals surface area contributed by atoms with Crippen molar-refractivity contribution in [1.82, 2.24) is 19.9 Å². The van der Waals surface area contributed by atoms with E-state index in [-0.39, 0.29) is 11.4 Å². The van der Waals surface area contributed by atoms with Crippen molar-refractivity contribution < 1.29 is 13.6 Å². The van der Waals surface area contributed by atoms with Gasteiger partial charge < -0.3 is 9.88 Å². The maximum Gasteiger partial charge on any atom is 0.295 e. The molecule has 0 saturated heterocycles. The standard InChI is InChI=1S/C15H14F2N4OS/c1-21(7-5-11-18-6-8-23-11)15(22)9-3-2-4-10-12(9)20-14(19-10)13(16)17/h2-4,6,8,13H,5,7H2,1H3,(H,19,20). The monoisotopic (exact) mass is 336 g/mol. The lowest BCUT2D eigenvalue weighted by molar-refractivity contribution is 0.0798. The fourth-order valence-corrected chi connectivity index (χ4v) is 2.88. The van der Waals surface area contributed by atoms with Crippen LogP contribution in [0.3, 0.4) is 0 Å². The number of carbonyl (C=O) groups excluding carboxylic acids is 1. The number of amides is 1. The Morgan fingerprint density at radius 3 is 2.96 bits per heavy atom. The zero-order chi connectivity index (χ0) is 16.4. The molecule has 3 rings (SSSR count). The number of carbonyl (C=O) groups is 1. The van der Waals surface area contributed by atoms with Crippen LogP contribution in [-0.4, -0.2) is 39.4 Å². The van der Waals surface area contributed by atoms with E-state index in [0.29, 0.717) is 24.0 Å². The number of aromatic amines is 1. The zero-order valence-electron chi connectivity index (χ0n) is 12.3. The molecule has 0 unspecified atom stereocenters. The third-order valence-corrected chi connectivity index (χ3v) is 4.30. The van der Waals surface area contributed by atoms with Gasteiger partial charge in [-0.1, -0.05) is 6.07 Å². The smallest absolute Gasteiger partial charge is 0.295 e. The molecule has 0 atom stereocenters. The average molecular weight is 336 g/mol. The van der Waals surface area contributed by atoms with E-state index in [1.54, 1.807) is 36.3 Å². The highest BCUT2D eigenvalue weighted by atomic mass is 32.1. The lowest BCUT2D eigenvalue weighted by atomic mass is 10.1. The Kier molecular flexibility index (Phi) is 4.33. The van der Waals surface area contributed by atoms with Crippen molar-refractivity contribution in [2.24, 2.45) is 0 Å². The van der Waals surface area contributed by atoms with E-state index in [1.807, 2.05) is 5.38 Å². The van der Waals surface area contributed by atoms with E-state index in [2.05, 4.69) is 15.0 Å². The highest BCUT2D eigenvalue weighted by molar-refractivity contribution is 7.09. The Morgan fingerprint density at radius 1 is 1.43 bits per heavy atom. The van der Waals surface area contributed by atoms with Gasteiger partial charge in [0.15, 0.2) is 5.82 Å². The van der Waals surface area contributed by atoms with E-state index in [0.717, 1.165) is 5.01 Å². The quantitative estimate of drug-likeness (QED) is 0.778. The number of H-pyrrole nitrogens is 1. The maximum absolute atomic E-state index is 12.8. The van der Waals surface area contributed by atoms with Crippen molar-refractivity contribution in [3.63, 3.8) is 0 Å². The Morgan fingerprint density at radius 2 is 2.26 bits per heavy atom. The Hall–Kier alpha value is -2.35. The summed E-state index contributed by atoms with van der Waals surface area (Å²) in [5.41, 5.74) is 1.01. The first-order valence-corrected chi connectivity index (χ1v) is 7.85. The van der Waals surface area contributed by atoms with Gasteiger partial charge in [0.25, 0.3) is 12.3 Å². The van der Waals surface area contributed by atoms with Crippen molar-refractivity contribution in [2.75, 3.05) is 13.6 Å². The summed E-state index contributed by atoms with van der Waals surface area (Å²) in [7, 11) is 1.68. The first-order valence-electron chi connectivity index (χ1n) is 6.97. The Balaban J connectivity index is 1.82. The lowest BCUT2D eigenvalue weighted by Gasteiger charge is -2.16. The highest BCUT2D eigenvalue weighted by Crippen LogP contribution is 2.23. The number of hydrogen-bond acceptors (Lipinski definition) is 4. The Labute approximate surface area is 135 Å². The fraction of sp³-hybridized carbons (Fsp3) is 0.267. The van der Waals surface area contributed by atoms with Gasteiger partial charge >= 0.3 is 0 Å². The van der Waals surface area contributed by atoms with E-state index in [1.165, 1.54) is 11.3 Å². The molecule has 0 radical (unpaired) electrons. The molecule has 23 heavy (non-hydrogen) atoms. The van der Waals surface area contributed by atoms with Crippen LogP contribution in [0.25, 0.3) is 11.0 Å². The SMILES string of the molecule is CN(CCc1nccs1)C(=O)c1cccc2[nH]c(C(F)F)nc12. The molecular formula is C15H14F2N4OS. The minimum atomic E-state index is -2.70.